The average molecular weight is 271 g/mol. The highest BCUT2D eigenvalue weighted by atomic mass is 15.3. The van der Waals surface area contributed by atoms with Crippen LogP contribution in [0.15, 0.2) is 42.6 Å². The monoisotopic (exact) mass is 271 g/mol. The fourth-order valence-corrected chi connectivity index (χ4v) is 2.50. The molecule has 0 amide bonds. The predicted molar refractivity (Wildman–Crippen MR) is 83.6 cm³/mol. The van der Waals surface area contributed by atoms with Crippen molar-refractivity contribution in [2.24, 2.45) is 7.05 Å². The fraction of sp³-hybridized carbons (Fsp3) is 0.471. The second-order valence-corrected chi connectivity index (χ2v) is 5.26. The molecule has 3 heteroatoms. The van der Waals surface area contributed by atoms with Gasteiger partial charge in [0.15, 0.2) is 0 Å². The first kappa shape index (κ1) is 14.8. The first-order valence-corrected chi connectivity index (χ1v) is 7.56. The molecule has 0 spiro atoms. The summed E-state index contributed by atoms with van der Waals surface area (Å²) in [5, 5.41) is 7.91. The van der Waals surface area contributed by atoms with E-state index in [-0.39, 0.29) is 0 Å². The number of aryl methyl sites for hydroxylation is 1. The molecule has 0 aliphatic carbocycles. The quantitative estimate of drug-likeness (QED) is 0.796. The van der Waals surface area contributed by atoms with Crippen LogP contribution in [-0.2, 0) is 13.5 Å². The maximum Gasteiger partial charge on any atom is 0.0492 e. The number of aromatic nitrogens is 2. The maximum atomic E-state index is 4.21. The number of nitrogens with zero attached hydrogens (tertiary/aromatic N) is 2. The van der Waals surface area contributed by atoms with Crippen molar-refractivity contribution in [1.29, 1.82) is 0 Å². The fourth-order valence-electron chi connectivity index (χ4n) is 2.50. The van der Waals surface area contributed by atoms with Crippen molar-refractivity contribution in [3.63, 3.8) is 0 Å². The van der Waals surface area contributed by atoms with Gasteiger partial charge in [-0.3, -0.25) is 4.68 Å². The van der Waals surface area contributed by atoms with E-state index in [1.165, 1.54) is 30.5 Å². The van der Waals surface area contributed by atoms with Crippen molar-refractivity contribution in [2.75, 3.05) is 6.54 Å². The summed E-state index contributed by atoms with van der Waals surface area (Å²) in [4.78, 5) is 0. The molecule has 3 nitrogen and oxygen atoms in total. The average Bonchev–Trinajstić information content (AvgIpc) is 2.89. The Balaban J connectivity index is 1.89. The lowest BCUT2D eigenvalue weighted by molar-refractivity contribution is 0.480. The molecule has 2 aromatic rings. The molecule has 108 valence electrons. The minimum atomic E-state index is 0.462. The van der Waals surface area contributed by atoms with E-state index in [0.717, 1.165) is 13.0 Å². The van der Waals surface area contributed by atoms with Crippen molar-refractivity contribution in [2.45, 2.75) is 38.6 Å². The molecular formula is C17H25N3. The summed E-state index contributed by atoms with van der Waals surface area (Å²) in [6.07, 6.45) is 6.59. The van der Waals surface area contributed by atoms with Crippen LogP contribution in [0.1, 0.15) is 43.5 Å². The van der Waals surface area contributed by atoms with Crippen LogP contribution in [0.4, 0.5) is 0 Å². The summed E-state index contributed by atoms with van der Waals surface area (Å²) >= 11 is 0. The SMILES string of the molecule is CCCCC(NCCc1ccnn1C)c1ccccc1. The summed E-state index contributed by atoms with van der Waals surface area (Å²) in [5.41, 5.74) is 2.67. The van der Waals surface area contributed by atoms with Crippen molar-refractivity contribution in [3.05, 3.63) is 53.9 Å². The first-order valence-electron chi connectivity index (χ1n) is 7.56. The Hall–Kier alpha value is -1.61. The van der Waals surface area contributed by atoms with Crippen LogP contribution in [0.25, 0.3) is 0 Å². The van der Waals surface area contributed by atoms with Gasteiger partial charge in [-0.25, -0.2) is 0 Å². The van der Waals surface area contributed by atoms with Gasteiger partial charge in [-0.1, -0.05) is 50.1 Å². The minimum absolute atomic E-state index is 0.462. The number of rotatable bonds is 8. The van der Waals surface area contributed by atoms with Crippen molar-refractivity contribution in [3.8, 4) is 0 Å². The summed E-state index contributed by atoms with van der Waals surface area (Å²) in [6, 6.07) is 13.3. The van der Waals surface area contributed by atoms with Crippen LogP contribution in [0, 0.1) is 0 Å². The molecule has 0 aliphatic rings. The van der Waals surface area contributed by atoms with Crippen LogP contribution in [0.3, 0.4) is 0 Å². The molecule has 0 bridgehead atoms. The van der Waals surface area contributed by atoms with Gasteiger partial charge in [-0.2, -0.15) is 5.10 Å². The van der Waals surface area contributed by atoms with E-state index in [1.54, 1.807) is 0 Å². The summed E-state index contributed by atoms with van der Waals surface area (Å²) in [6.45, 7) is 3.24. The molecule has 1 heterocycles. The topological polar surface area (TPSA) is 29.9 Å². The van der Waals surface area contributed by atoms with Gasteiger partial charge in [-0.15, -0.1) is 0 Å². The molecule has 1 aromatic heterocycles. The highest BCUT2D eigenvalue weighted by Gasteiger charge is 2.10. The lowest BCUT2D eigenvalue weighted by Gasteiger charge is -2.19. The van der Waals surface area contributed by atoms with Gasteiger partial charge in [0, 0.05) is 37.9 Å². The van der Waals surface area contributed by atoms with Gasteiger partial charge in [0.1, 0.15) is 0 Å². The Kier molecular flexibility index (Phi) is 5.81. The van der Waals surface area contributed by atoms with Gasteiger partial charge in [0.05, 0.1) is 0 Å². The lowest BCUT2D eigenvalue weighted by atomic mass is 10.0. The molecule has 0 saturated carbocycles. The third kappa shape index (κ3) is 4.20. The lowest BCUT2D eigenvalue weighted by Crippen LogP contribution is -2.24. The number of hydrogen-bond acceptors (Lipinski definition) is 2. The number of nitrogens with one attached hydrogen (secondary N) is 1. The van der Waals surface area contributed by atoms with Gasteiger partial charge in [0.25, 0.3) is 0 Å². The zero-order valence-electron chi connectivity index (χ0n) is 12.5. The minimum Gasteiger partial charge on any atom is -0.310 e. The van der Waals surface area contributed by atoms with E-state index in [9.17, 15) is 0 Å². The van der Waals surface area contributed by atoms with E-state index < -0.39 is 0 Å². The molecule has 2 rings (SSSR count). The van der Waals surface area contributed by atoms with Gasteiger partial charge < -0.3 is 5.32 Å². The van der Waals surface area contributed by atoms with E-state index in [4.69, 9.17) is 0 Å². The van der Waals surface area contributed by atoms with Crippen molar-refractivity contribution in [1.82, 2.24) is 15.1 Å². The third-order valence-electron chi connectivity index (χ3n) is 3.74. The zero-order chi connectivity index (χ0) is 14.2. The molecule has 20 heavy (non-hydrogen) atoms. The molecule has 0 saturated heterocycles. The zero-order valence-corrected chi connectivity index (χ0v) is 12.5. The van der Waals surface area contributed by atoms with E-state index in [0.29, 0.717) is 6.04 Å². The summed E-state index contributed by atoms with van der Waals surface area (Å²) in [7, 11) is 2.00. The van der Waals surface area contributed by atoms with Crippen LogP contribution in [0.5, 0.6) is 0 Å². The predicted octanol–water partition coefficient (Wildman–Crippen LogP) is 3.48. The Morgan fingerprint density at radius 1 is 1.20 bits per heavy atom. The van der Waals surface area contributed by atoms with Crippen LogP contribution in [-0.4, -0.2) is 16.3 Å². The van der Waals surface area contributed by atoms with Crippen LogP contribution >= 0.6 is 0 Å². The molecule has 1 atom stereocenters. The largest absolute Gasteiger partial charge is 0.310 e. The Labute approximate surface area is 122 Å². The highest BCUT2D eigenvalue weighted by Crippen LogP contribution is 2.19. The van der Waals surface area contributed by atoms with E-state index in [1.807, 2.05) is 17.9 Å². The molecule has 0 radical (unpaired) electrons. The Morgan fingerprint density at radius 2 is 2.00 bits per heavy atom. The summed E-state index contributed by atoms with van der Waals surface area (Å²) < 4.78 is 1.95. The van der Waals surface area contributed by atoms with Crippen molar-refractivity contribution < 1.29 is 0 Å². The van der Waals surface area contributed by atoms with Gasteiger partial charge in [-0.05, 0) is 18.1 Å². The molecular weight excluding hydrogens is 246 g/mol. The number of benzene rings is 1. The smallest absolute Gasteiger partial charge is 0.0492 e. The number of hydrogen-bond donors (Lipinski definition) is 1. The molecule has 0 fully saturated rings. The van der Waals surface area contributed by atoms with Crippen molar-refractivity contribution >= 4 is 0 Å². The van der Waals surface area contributed by atoms with Gasteiger partial charge >= 0.3 is 0 Å². The second-order valence-electron chi connectivity index (χ2n) is 5.26. The Morgan fingerprint density at radius 3 is 2.65 bits per heavy atom. The normalized spacial score (nSPS) is 12.5. The van der Waals surface area contributed by atoms with Crippen LogP contribution < -0.4 is 5.32 Å². The van der Waals surface area contributed by atoms with E-state index >= 15 is 0 Å². The van der Waals surface area contributed by atoms with Crippen LogP contribution in [0.2, 0.25) is 0 Å². The summed E-state index contributed by atoms with van der Waals surface area (Å²) in [5.74, 6) is 0. The number of unbranched alkanes of at least 4 members (excludes halogenated alkanes) is 1. The molecule has 0 aliphatic heterocycles. The Bertz CT molecular complexity index is 490. The first-order chi connectivity index (χ1) is 9.81. The molecule has 1 unspecified atom stereocenters. The maximum absolute atomic E-state index is 4.21. The highest BCUT2D eigenvalue weighted by molar-refractivity contribution is 5.18. The van der Waals surface area contributed by atoms with Gasteiger partial charge in [0.2, 0.25) is 0 Å². The second kappa shape index (κ2) is 7.85. The van der Waals surface area contributed by atoms with E-state index in [2.05, 4.69) is 53.7 Å². The standard InChI is InChI=1S/C17H25N3/c1-3-4-10-17(15-8-6-5-7-9-15)18-13-11-16-12-14-19-20(16)2/h5-9,12,14,17-18H,3-4,10-11,13H2,1-2H3. The third-order valence-corrected chi connectivity index (χ3v) is 3.74. The molecule has 1 aromatic carbocycles. The molecule has 1 N–H and O–H groups in total.